The van der Waals surface area contributed by atoms with Crippen LogP contribution in [0.5, 0.6) is 0 Å². The van der Waals surface area contributed by atoms with Crippen molar-refractivity contribution in [3.05, 3.63) is 39.9 Å². The number of nitrogens with one attached hydrogen (secondary N) is 3. The molecule has 0 amide bonds. The molecule has 21 heavy (non-hydrogen) atoms. The fourth-order valence-electron chi connectivity index (χ4n) is 1.45. The first-order chi connectivity index (χ1) is 10.1. The van der Waals surface area contributed by atoms with E-state index in [1.807, 2.05) is 6.92 Å². The van der Waals surface area contributed by atoms with Crippen LogP contribution in [0.2, 0.25) is 0 Å². The average molecular weight is 309 g/mol. The molecule has 114 valence electrons. The monoisotopic (exact) mass is 309 g/mol. The quantitative estimate of drug-likeness (QED) is 0.275. The highest BCUT2D eigenvalue weighted by atomic mass is 32.2. The van der Waals surface area contributed by atoms with Crippen LogP contribution in [0.1, 0.15) is 18.3 Å². The second-order valence-corrected chi connectivity index (χ2v) is 5.16. The highest BCUT2D eigenvalue weighted by Crippen LogP contribution is 2.11. The van der Waals surface area contributed by atoms with Gasteiger partial charge in [0.05, 0.1) is 23.5 Å². The van der Waals surface area contributed by atoms with Crippen LogP contribution < -0.4 is 10.6 Å². The number of hydrogen-bond donors (Lipinski definition) is 3. The molecule has 0 saturated carbocycles. The van der Waals surface area contributed by atoms with Gasteiger partial charge in [0.1, 0.15) is 0 Å². The number of nitrogens with zero attached hydrogens (tertiary/aromatic N) is 2. The molecule has 0 spiro atoms. The van der Waals surface area contributed by atoms with Crippen molar-refractivity contribution >= 4 is 11.8 Å². The van der Waals surface area contributed by atoms with Gasteiger partial charge in [-0.3, -0.25) is 10.1 Å². The molecule has 0 saturated heterocycles. The molecule has 1 aromatic heterocycles. The zero-order chi connectivity index (χ0) is 15.5. The van der Waals surface area contributed by atoms with E-state index in [1.54, 1.807) is 25.0 Å². The summed E-state index contributed by atoms with van der Waals surface area (Å²) >= 11 is 1.73. The molecule has 0 aliphatic carbocycles. The van der Waals surface area contributed by atoms with Gasteiger partial charge in [-0.15, -0.1) is 5.92 Å². The highest BCUT2D eigenvalue weighted by Gasteiger charge is 2.02. The fraction of sp³-hybridized carbons (Fsp3) is 0.462. The molecule has 3 N–H and O–H groups in total. The topological polar surface area (TPSA) is 95.9 Å². The van der Waals surface area contributed by atoms with Crippen LogP contribution in [0.4, 0.5) is 0 Å². The van der Waals surface area contributed by atoms with Crippen molar-refractivity contribution in [1.29, 1.82) is 0 Å². The minimum atomic E-state index is -0.490. The maximum absolute atomic E-state index is 10.5. The molecule has 0 aliphatic heterocycles. The molecule has 1 aromatic rings. The van der Waals surface area contributed by atoms with E-state index >= 15 is 0 Å². The van der Waals surface area contributed by atoms with E-state index in [4.69, 9.17) is 0 Å². The number of nitro groups is 1. The standard InChI is InChI=1S/C13H19N5O2S/c1-3-4-5-14-13(8-18(19)20)15-6-7-21-9-12-11(2)16-10-17-12/h8,10,14-15H,5-7,9H2,1-2H3,(H,16,17)/b13-8-. The smallest absolute Gasteiger partial charge is 0.274 e. The summed E-state index contributed by atoms with van der Waals surface area (Å²) in [6.07, 6.45) is 2.60. The minimum absolute atomic E-state index is 0.376. The maximum Gasteiger partial charge on any atom is 0.274 e. The Bertz CT molecular complexity index is 544. The van der Waals surface area contributed by atoms with E-state index in [2.05, 4.69) is 32.4 Å². The van der Waals surface area contributed by atoms with Crippen LogP contribution in [0.3, 0.4) is 0 Å². The lowest BCUT2D eigenvalue weighted by molar-refractivity contribution is -0.404. The summed E-state index contributed by atoms with van der Waals surface area (Å²) in [5, 5.41) is 16.4. The largest absolute Gasteiger partial charge is 0.366 e. The molecular weight excluding hydrogens is 290 g/mol. The molecule has 7 nitrogen and oxygen atoms in total. The molecule has 0 unspecified atom stereocenters. The molecule has 8 heteroatoms. The summed E-state index contributed by atoms with van der Waals surface area (Å²) < 4.78 is 0. The molecule has 0 aromatic carbocycles. The lowest BCUT2D eigenvalue weighted by Gasteiger charge is -2.09. The van der Waals surface area contributed by atoms with Gasteiger partial charge >= 0.3 is 0 Å². The van der Waals surface area contributed by atoms with Crippen molar-refractivity contribution in [1.82, 2.24) is 20.6 Å². The molecule has 1 rings (SSSR count). The molecule has 0 radical (unpaired) electrons. The van der Waals surface area contributed by atoms with Crippen molar-refractivity contribution in [2.24, 2.45) is 0 Å². The third-order valence-corrected chi connectivity index (χ3v) is 3.51. The van der Waals surface area contributed by atoms with Gasteiger partial charge in [0, 0.05) is 23.7 Å². The van der Waals surface area contributed by atoms with Crippen LogP contribution >= 0.6 is 11.8 Å². The summed E-state index contributed by atoms with van der Waals surface area (Å²) in [7, 11) is 0. The number of rotatable bonds is 9. The zero-order valence-corrected chi connectivity index (χ0v) is 12.9. The average Bonchev–Trinajstić information content (AvgIpc) is 2.83. The van der Waals surface area contributed by atoms with Gasteiger partial charge in [0.15, 0.2) is 5.82 Å². The van der Waals surface area contributed by atoms with Crippen molar-refractivity contribution in [2.45, 2.75) is 19.6 Å². The Hall–Kier alpha value is -2.14. The highest BCUT2D eigenvalue weighted by molar-refractivity contribution is 7.98. The number of imidazole rings is 1. The van der Waals surface area contributed by atoms with E-state index in [0.717, 1.165) is 29.1 Å². The Morgan fingerprint density at radius 2 is 2.43 bits per heavy atom. The van der Waals surface area contributed by atoms with Gasteiger partial charge in [0.25, 0.3) is 6.20 Å². The van der Waals surface area contributed by atoms with Crippen LogP contribution in [-0.4, -0.2) is 33.7 Å². The Morgan fingerprint density at radius 3 is 3.05 bits per heavy atom. The second kappa shape index (κ2) is 9.72. The zero-order valence-electron chi connectivity index (χ0n) is 12.1. The Labute approximate surface area is 128 Å². The summed E-state index contributed by atoms with van der Waals surface area (Å²) in [4.78, 5) is 17.2. The predicted octanol–water partition coefficient (Wildman–Crippen LogP) is 1.23. The van der Waals surface area contributed by atoms with E-state index < -0.39 is 4.92 Å². The second-order valence-electron chi connectivity index (χ2n) is 4.05. The third-order valence-electron chi connectivity index (χ3n) is 2.52. The summed E-state index contributed by atoms with van der Waals surface area (Å²) in [5.74, 6) is 7.57. The first kappa shape index (κ1) is 16.9. The number of hydrogen-bond acceptors (Lipinski definition) is 6. The van der Waals surface area contributed by atoms with E-state index in [1.165, 1.54) is 0 Å². The Balaban J connectivity index is 2.27. The van der Waals surface area contributed by atoms with Crippen molar-refractivity contribution in [3.63, 3.8) is 0 Å². The Morgan fingerprint density at radius 1 is 1.62 bits per heavy atom. The molecule has 0 atom stereocenters. The predicted molar refractivity (Wildman–Crippen MR) is 84.0 cm³/mol. The number of H-pyrrole nitrogens is 1. The van der Waals surface area contributed by atoms with E-state index in [0.29, 0.717) is 18.9 Å². The summed E-state index contributed by atoms with van der Waals surface area (Å²) in [6.45, 7) is 4.69. The van der Waals surface area contributed by atoms with E-state index in [9.17, 15) is 10.1 Å². The first-order valence-electron chi connectivity index (χ1n) is 6.42. The lowest BCUT2D eigenvalue weighted by atomic mass is 10.4. The number of thioether (sulfide) groups is 1. The number of aromatic nitrogens is 2. The fourth-order valence-corrected chi connectivity index (χ4v) is 2.34. The van der Waals surface area contributed by atoms with Gasteiger partial charge in [-0.1, -0.05) is 5.92 Å². The SMILES string of the molecule is CC#CCN/C(=C/[N+](=O)[O-])NCCSCc1[nH]cnc1C. The van der Waals surface area contributed by atoms with Gasteiger partial charge in [0.2, 0.25) is 0 Å². The normalized spacial score (nSPS) is 10.7. The molecule has 0 bridgehead atoms. The van der Waals surface area contributed by atoms with Crippen molar-refractivity contribution in [2.75, 3.05) is 18.8 Å². The van der Waals surface area contributed by atoms with Crippen LogP contribution in [-0.2, 0) is 5.75 Å². The van der Waals surface area contributed by atoms with Crippen LogP contribution in [0.15, 0.2) is 18.3 Å². The van der Waals surface area contributed by atoms with Crippen LogP contribution in [0.25, 0.3) is 0 Å². The summed E-state index contributed by atoms with van der Waals surface area (Å²) in [6, 6.07) is 0. The van der Waals surface area contributed by atoms with Gasteiger partial charge < -0.3 is 15.6 Å². The van der Waals surface area contributed by atoms with Crippen molar-refractivity contribution < 1.29 is 4.92 Å². The minimum Gasteiger partial charge on any atom is -0.366 e. The Kier molecular flexibility index (Phi) is 7.82. The third kappa shape index (κ3) is 7.27. The van der Waals surface area contributed by atoms with Crippen LogP contribution in [0, 0.1) is 28.9 Å². The van der Waals surface area contributed by atoms with Crippen molar-refractivity contribution in [3.8, 4) is 11.8 Å². The molecular formula is C13H19N5O2S. The lowest BCUT2D eigenvalue weighted by Crippen LogP contribution is -2.29. The molecule has 1 heterocycles. The van der Waals surface area contributed by atoms with Gasteiger partial charge in [-0.25, -0.2) is 4.98 Å². The first-order valence-corrected chi connectivity index (χ1v) is 7.58. The van der Waals surface area contributed by atoms with Gasteiger partial charge in [-0.05, 0) is 13.8 Å². The van der Waals surface area contributed by atoms with E-state index in [-0.39, 0.29) is 0 Å². The number of aromatic amines is 1. The summed E-state index contributed by atoms with van der Waals surface area (Å²) in [5.41, 5.74) is 2.11. The molecule has 0 aliphatic rings. The number of aryl methyl sites for hydroxylation is 1. The van der Waals surface area contributed by atoms with Gasteiger partial charge in [-0.2, -0.15) is 11.8 Å². The maximum atomic E-state index is 10.5. The molecule has 0 fully saturated rings.